The van der Waals surface area contributed by atoms with E-state index in [-0.39, 0.29) is 5.82 Å². The molecule has 0 fully saturated rings. The summed E-state index contributed by atoms with van der Waals surface area (Å²) in [7, 11) is 0. The third kappa shape index (κ3) is 2.96. The molecule has 0 amide bonds. The Morgan fingerprint density at radius 1 is 1.14 bits per heavy atom. The van der Waals surface area contributed by atoms with Gasteiger partial charge >= 0.3 is 0 Å². The molecule has 3 rings (SSSR count). The molecule has 0 spiro atoms. The van der Waals surface area contributed by atoms with Crippen molar-refractivity contribution in [1.82, 2.24) is 4.98 Å². The van der Waals surface area contributed by atoms with E-state index in [9.17, 15) is 9.50 Å². The number of pyridine rings is 1. The highest BCUT2D eigenvalue weighted by molar-refractivity contribution is 9.10. The smallest absolute Gasteiger partial charge is 0.124 e. The number of nitrogens with zero attached hydrogens (tertiary/aromatic N) is 1. The third-order valence-electron chi connectivity index (χ3n) is 3.45. The molecular weight excluding hydrogens is 333 g/mol. The molecule has 1 atom stereocenters. The van der Waals surface area contributed by atoms with Crippen LogP contribution < -0.4 is 0 Å². The summed E-state index contributed by atoms with van der Waals surface area (Å²) in [6, 6.07) is 14.1. The van der Waals surface area contributed by atoms with E-state index in [1.54, 1.807) is 12.3 Å². The molecule has 4 heteroatoms. The summed E-state index contributed by atoms with van der Waals surface area (Å²) in [5.74, 6) is -0.299. The predicted molar refractivity (Wildman–Crippen MR) is 84.5 cm³/mol. The van der Waals surface area contributed by atoms with Crippen LogP contribution in [0.5, 0.6) is 0 Å². The predicted octanol–water partition coefficient (Wildman–Crippen LogP) is 4.41. The molecule has 106 valence electrons. The Bertz CT molecular complexity index is 785. The Labute approximate surface area is 130 Å². The standard InChI is InChI=1S/C17H13BrFNO/c18-15-10-13(19)7-6-12(15)9-16(21)14-5-1-3-11-4-2-8-20-17(11)14/h1-8,10,16,21H,9H2. The van der Waals surface area contributed by atoms with Crippen molar-refractivity contribution in [3.8, 4) is 0 Å². The molecule has 2 nitrogen and oxygen atoms in total. The molecule has 1 aromatic heterocycles. The van der Waals surface area contributed by atoms with E-state index in [1.165, 1.54) is 12.1 Å². The van der Waals surface area contributed by atoms with Crippen molar-refractivity contribution in [2.45, 2.75) is 12.5 Å². The number of halogens is 2. The van der Waals surface area contributed by atoms with Crippen LogP contribution in [0.4, 0.5) is 4.39 Å². The van der Waals surface area contributed by atoms with Gasteiger partial charge in [0.2, 0.25) is 0 Å². The number of hydrogen-bond donors (Lipinski definition) is 1. The van der Waals surface area contributed by atoms with Crippen LogP contribution in [0.1, 0.15) is 17.2 Å². The van der Waals surface area contributed by atoms with E-state index in [0.29, 0.717) is 10.9 Å². The molecule has 1 heterocycles. The minimum atomic E-state index is -0.689. The second kappa shape index (κ2) is 5.92. The van der Waals surface area contributed by atoms with Gasteiger partial charge in [0, 0.05) is 28.0 Å². The van der Waals surface area contributed by atoms with Gasteiger partial charge in [0.25, 0.3) is 0 Å². The number of aromatic nitrogens is 1. The highest BCUT2D eigenvalue weighted by atomic mass is 79.9. The number of fused-ring (bicyclic) bond motifs is 1. The van der Waals surface area contributed by atoms with E-state index in [4.69, 9.17) is 0 Å². The SMILES string of the molecule is OC(Cc1ccc(F)cc1Br)c1cccc2cccnc12. The summed E-state index contributed by atoms with van der Waals surface area (Å²) in [6.45, 7) is 0. The Morgan fingerprint density at radius 3 is 2.76 bits per heavy atom. The van der Waals surface area contributed by atoms with Crippen molar-refractivity contribution in [1.29, 1.82) is 0 Å². The fourth-order valence-corrected chi connectivity index (χ4v) is 2.91. The first-order valence-corrected chi connectivity index (χ1v) is 7.40. The molecule has 0 aliphatic carbocycles. The molecule has 0 saturated heterocycles. The van der Waals surface area contributed by atoms with Gasteiger partial charge in [0.1, 0.15) is 5.82 Å². The monoisotopic (exact) mass is 345 g/mol. The summed E-state index contributed by atoms with van der Waals surface area (Å²) in [5, 5.41) is 11.5. The maximum atomic E-state index is 13.1. The Hall–Kier alpha value is -1.78. The summed E-state index contributed by atoms with van der Waals surface area (Å²) in [5.41, 5.74) is 2.44. The molecule has 0 bridgehead atoms. The first-order valence-electron chi connectivity index (χ1n) is 6.61. The molecule has 0 saturated carbocycles. The topological polar surface area (TPSA) is 33.1 Å². The van der Waals surface area contributed by atoms with Crippen LogP contribution >= 0.6 is 15.9 Å². The van der Waals surface area contributed by atoms with E-state index >= 15 is 0 Å². The van der Waals surface area contributed by atoms with Crippen LogP contribution in [0.3, 0.4) is 0 Å². The minimum Gasteiger partial charge on any atom is -0.388 e. The lowest BCUT2D eigenvalue weighted by molar-refractivity contribution is 0.179. The quantitative estimate of drug-likeness (QED) is 0.762. The van der Waals surface area contributed by atoms with Gasteiger partial charge < -0.3 is 5.11 Å². The molecular formula is C17H13BrFNO. The van der Waals surface area contributed by atoms with Gasteiger partial charge in [-0.25, -0.2) is 4.39 Å². The first kappa shape index (κ1) is 14.2. The zero-order chi connectivity index (χ0) is 14.8. The Kier molecular flexibility index (Phi) is 3.99. The average molecular weight is 346 g/mol. The van der Waals surface area contributed by atoms with Crippen molar-refractivity contribution in [3.05, 3.63) is 76.1 Å². The van der Waals surface area contributed by atoms with Crippen molar-refractivity contribution in [2.24, 2.45) is 0 Å². The first-order chi connectivity index (χ1) is 10.1. The largest absolute Gasteiger partial charge is 0.388 e. The second-order valence-corrected chi connectivity index (χ2v) is 5.73. The average Bonchev–Trinajstić information content (AvgIpc) is 2.49. The lowest BCUT2D eigenvalue weighted by Gasteiger charge is -2.14. The van der Waals surface area contributed by atoms with E-state index in [2.05, 4.69) is 20.9 Å². The molecule has 0 radical (unpaired) electrons. The molecule has 1 N–H and O–H groups in total. The van der Waals surface area contributed by atoms with Gasteiger partial charge in [-0.2, -0.15) is 0 Å². The fraction of sp³-hybridized carbons (Fsp3) is 0.118. The number of hydrogen-bond acceptors (Lipinski definition) is 2. The Balaban J connectivity index is 1.95. The highest BCUT2D eigenvalue weighted by Crippen LogP contribution is 2.28. The zero-order valence-corrected chi connectivity index (χ0v) is 12.7. The van der Waals surface area contributed by atoms with Gasteiger partial charge in [0.05, 0.1) is 11.6 Å². The van der Waals surface area contributed by atoms with Crippen LogP contribution in [0.25, 0.3) is 10.9 Å². The normalized spacial score (nSPS) is 12.5. The lowest BCUT2D eigenvalue weighted by Crippen LogP contribution is -2.04. The van der Waals surface area contributed by atoms with Crippen LogP contribution in [-0.4, -0.2) is 10.1 Å². The van der Waals surface area contributed by atoms with Crippen LogP contribution in [0.2, 0.25) is 0 Å². The highest BCUT2D eigenvalue weighted by Gasteiger charge is 2.14. The van der Waals surface area contributed by atoms with Gasteiger partial charge in [-0.1, -0.05) is 46.3 Å². The number of aliphatic hydroxyl groups is 1. The van der Waals surface area contributed by atoms with E-state index < -0.39 is 6.10 Å². The molecule has 1 unspecified atom stereocenters. The van der Waals surface area contributed by atoms with Gasteiger partial charge in [-0.05, 0) is 23.8 Å². The second-order valence-electron chi connectivity index (χ2n) is 4.88. The van der Waals surface area contributed by atoms with Crippen molar-refractivity contribution in [3.63, 3.8) is 0 Å². The number of rotatable bonds is 3. The van der Waals surface area contributed by atoms with Crippen LogP contribution in [0.15, 0.2) is 59.2 Å². The van der Waals surface area contributed by atoms with Gasteiger partial charge in [-0.3, -0.25) is 4.98 Å². The van der Waals surface area contributed by atoms with Crippen LogP contribution in [0, 0.1) is 5.82 Å². The number of benzene rings is 2. The summed E-state index contributed by atoms with van der Waals surface area (Å²) in [4.78, 5) is 4.35. The summed E-state index contributed by atoms with van der Waals surface area (Å²) in [6.07, 6.45) is 1.42. The van der Waals surface area contributed by atoms with E-state index in [0.717, 1.165) is 22.0 Å². The fourth-order valence-electron chi connectivity index (χ4n) is 2.40. The van der Waals surface area contributed by atoms with Crippen molar-refractivity contribution >= 4 is 26.8 Å². The summed E-state index contributed by atoms with van der Waals surface area (Å²) >= 11 is 3.33. The van der Waals surface area contributed by atoms with Crippen LogP contribution in [-0.2, 0) is 6.42 Å². The number of aliphatic hydroxyl groups excluding tert-OH is 1. The summed E-state index contributed by atoms with van der Waals surface area (Å²) < 4.78 is 13.8. The minimum absolute atomic E-state index is 0.299. The molecule has 21 heavy (non-hydrogen) atoms. The maximum Gasteiger partial charge on any atom is 0.124 e. The molecule has 0 aliphatic rings. The zero-order valence-electron chi connectivity index (χ0n) is 11.1. The Morgan fingerprint density at radius 2 is 1.95 bits per heavy atom. The lowest BCUT2D eigenvalue weighted by atomic mass is 9.99. The van der Waals surface area contributed by atoms with Crippen molar-refractivity contribution < 1.29 is 9.50 Å². The van der Waals surface area contributed by atoms with Gasteiger partial charge in [0.15, 0.2) is 0 Å². The van der Waals surface area contributed by atoms with Crippen molar-refractivity contribution in [2.75, 3.05) is 0 Å². The van der Waals surface area contributed by atoms with E-state index in [1.807, 2.05) is 30.3 Å². The molecule has 2 aromatic carbocycles. The maximum absolute atomic E-state index is 13.1. The molecule has 3 aromatic rings. The van der Waals surface area contributed by atoms with Gasteiger partial charge in [-0.15, -0.1) is 0 Å². The third-order valence-corrected chi connectivity index (χ3v) is 4.19. The molecule has 0 aliphatic heterocycles. The number of para-hydroxylation sites is 1.